The van der Waals surface area contributed by atoms with Crippen LogP contribution >= 0.6 is 0 Å². The molecule has 3 rings (SSSR count). The van der Waals surface area contributed by atoms with Crippen molar-refractivity contribution in [2.45, 2.75) is 58.2 Å². The van der Waals surface area contributed by atoms with Crippen molar-refractivity contribution in [3.05, 3.63) is 35.9 Å². The number of carbonyl (C=O) groups excluding carboxylic acids is 3. The molecular formula is C23H34N4O3. The van der Waals surface area contributed by atoms with Crippen molar-refractivity contribution >= 4 is 17.7 Å². The van der Waals surface area contributed by atoms with Gasteiger partial charge < -0.3 is 15.5 Å². The summed E-state index contributed by atoms with van der Waals surface area (Å²) < 4.78 is 0. The van der Waals surface area contributed by atoms with Gasteiger partial charge >= 0.3 is 0 Å². The summed E-state index contributed by atoms with van der Waals surface area (Å²) in [7, 11) is 0. The molecule has 1 saturated heterocycles. The van der Waals surface area contributed by atoms with Crippen LogP contribution < -0.4 is 10.6 Å². The van der Waals surface area contributed by atoms with Crippen molar-refractivity contribution in [3.63, 3.8) is 0 Å². The molecule has 1 aliphatic heterocycles. The monoisotopic (exact) mass is 414 g/mol. The summed E-state index contributed by atoms with van der Waals surface area (Å²) in [4.78, 5) is 41.9. The van der Waals surface area contributed by atoms with Crippen LogP contribution in [-0.2, 0) is 14.4 Å². The molecule has 1 saturated carbocycles. The van der Waals surface area contributed by atoms with E-state index in [4.69, 9.17) is 0 Å². The average molecular weight is 415 g/mol. The van der Waals surface area contributed by atoms with Crippen molar-refractivity contribution in [1.82, 2.24) is 20.4 Å². The molecule has 1 aromatic rings. The van der Waals surface area contributed by atoms with Crippen molar-refractivity contribution in [1.29, 1.82) is 0 Å². The molecule has 0 bridgehead atoms. The Hall–Kier alpha value is -2.41. The second-order valence-corrected chi connectivity index (χ2v) is 8.83. The van der Waals surface area contributed by atoms with Crippen LogP contribution in [0.3, 0.4) is 0 Å². The first-order valence-corrected chi connectivity index (χ1v) is 11.0. The summed E-state index contributed by atoms with van der Waals surface area (Å²) in [6.07, 6.45) is 2.53. The molecule has 1 aliphatic carbocycles. The van der Waals surface area contributed by atoms with Crippen molar-refractivity contribution in [2.75, 3.05) is 26.2 Å². The van der Waals surface area contributed by atoms with Crippen LogP contribution in [-0.4, -0.2) is 65.8 Å². The normalized spacial score (nSPS) is 19.3. The molecule has 0 spiro atoms. The van der Waals surface area contributed by atoms with Crippen LogP contribution in [0.1, 0.15) is 51.6 Å². The molecular weight excluding hydrogens is 380 g/mol. The highest BCUT2D eigenvalue weighted by Crippen LogP contribution is 2.20. The van der Waals surface area contributed by atoms with Gasteiger partial charge in [0.2, 0.25) is 17.7 Å². The zero-order chi connectivity index (χ0) is 21.7. The van der Waals surface area contributed by atoms with Gasteiger partial charge in [0.15, 0.2) is 0 Å². The fourth-order valence-corrected chi connectivity index (χ4v) is 3.75. The third kappa shape index (κ3) is 6.05. The number of rotatable bonds is 8. The van der Waals surface area contributed by atoms with Crippen LogP contribution in [0.15, 0.2) is 30.3 Å². The minimum Gasteiger partial charge on any atom is -0.352 e. The van der Waals surface area contributed by atoms with Gasteiger partial charge in [0.05, 0.1) is 6.04 Å². The molecule has 3 amide bonds. The Morgan fingerprint density at radius 3 is 2.20 bits per heavy atom. The fourth-order valence-electron chi connectivity index (χ4n) is 3.75. The molecule has 7 heteroatoms. The van der Waals surface area contributed by atoms with Gasteiger partial charge in [-0.2, -0.15) is 0 Å². The van der Waals surface area contributed by atoms with E-state index in [-0.39, 0.29) is 29.7 Å². The van der Waals surface area contributed by atoms with E-state index in [1.807, 2.05) is 51.1 Å². The van der Waals surface area contributed by atoms with Gasteiger partial charge in [-0.15, -0.1) is 0 Å². The number of amides is 3. The number of hydrogen-bond acceptors (Lipinski definition) is 4. The Balaban J connectivity index is 1.60. The topological polar surface area (TPSA) is 81.8 Å². The van der Waals surface area contributed by atoms with Gasteiger partial charge in [-0.1, -0.05) is 44.2 Å². The SMILES string of the molecule is CC(C)CC(=O)NC(C(=O)N1CCN(C(C)C(=O)NC2CC2)CC1)c1ccccc1. The van der Waals surface area contributed by atoms with Crippen LogP contribution in [0.2, 0.25) is 0 Å². The van der Waals surface area contributed by atoms with E-state index < -0.39 is 6.04 Å². The lowest BCUT2D eigenvalue weighted by atomic mass is 10.0. The fraction of sp³-hybridized carbons (Fsp3) is 0.609. The maximum absolute atomic E-state index is 13.3. The minimum absolute atomic E-state index is 0.0698. The second kappa shape index (κ2) is 10.1. The second-order valence-electron chi connectivity index (χ2n) is 8.83. The maximum atomic E-state index is 13.3. The lowest BCUT2D eigenvalue weighted by Gasteiger charge is -2.38. The van der Waals surface area contributed by atoms with E-state index in [9.17, 15) is 14.4 Å². The van der Waals surface area contributed by atoms with Crippen molar-refractivity contribution in [2.24, 2.45) is 5.92 Å². The average Bonchev–Trinajstić information content (AvgIpc) is 3.55. The molecule has 2 atom stereocenters. The lowest BCUT2D eigenvalue weighted by Crippen LogP contribution is -2.56. The van der Waals surface area contributed by atoms with Gasteiger partial charge in [-0.3, -0.25) is 19.3 Å². The number of piperazine rings is 1. The molecule has 0 aromatic heterocycles. The van der Waals surface area contributed by atoms with Crippen molar-refractivity contribution < 1.29 is 14.4 Å². The first-order valence-electron chi connectivity index (χ1n) is 11.0. The molecule has 1 aromatic carbocycles. The molecule has 7 nitrogen and oxygen atoms in total. The first kappa shape index (κ1) is 22.3. The molecule has 2 aliphatic rings. The molecule has 2 unspecified atom stereocenters. The number of benzene rings is 1. The predicted molar refractivity (Wildman–Crippen MR) is 116 cm³/mol. The summed E-state index contributed by atoms with van der Waals surface area (Å²) in [5.41, 5.74) is 0.791. The minimum atomic E-state index is -0.681. The number of nitrogens with zero attached hydrogens (tertiary/aromatic N) is 2. The van der Waals surface area contributed by atoms with Gasteiger partial charge in [0.1, 0.15) is 6.04 Å². The zero-order valence-electron chi connectivity index (χ0n) is 18.3. The Morgan fingerprint density at radius 1 is 1.00 bits per heavy atom. The summed E-state index contributed by atoms with van der Waals surface area (Å²) >= 11 is 0. The highest BCUT2D eigenvalue weighted by atomic mass is 16.2. The molecule has 2 fully saturated rings. The quantitative estimate of drug-likeness (QED) is 0.678. The van der Waals surface area contributed by atoms with Gasteiger partial charge in [0.25, 0.3) is 0 Å². The van der Waals surface area contributed by atoms with Crippen LogP contribution in [0, 0.1) is 5.92 Å². The molecule has 30 heavy (non-hydrogen) atoms. The first-order chi connectivity index (χ1) is 14.3. The lowest BCUT2D eigenvalue weighted by molar-refractivity contribution is -0.139. The van der Waals surface area contributed by atoms with Crippen LogP contribution in [0.4, 0.5) is 0 Å². The molecule has 1 heterocycles. The maximum Gasteiger partial charge on any atom is 0.249 e. The third-order valence-corrected chi connectivity index (χ3v) is 5.76. The molecule has 164 valence electrons. The van der Waals surface area contributed by atoms with E-state index in [0.29, 0.717) is 38.6 Å². The molecule has 0 radical (unpaired) electrons. The summed E-state index contributed by atoms with van der Waals surface area (Å²) in [5, 5.41) is 5.99. The van der Waals surface area contributed by atoms with Gasteiger partial charge in [-0.25, -0.2) is 0 Å². The summed E-state index contributed by atoms with van der Waals surface area (Å²) in [5.74, 6) is 0.0907. The number of nitrogens with one attached hydrogen (secondary N) is 2. The van der Waals surface area contributed by atoms with Crippen LogP contribution in [0.5, 0.6) is 0 Å². The number of hydrogen-bond donors (Lipinski definition) is 2. The largest absolute Gasteiger partial charge is 0.352 e. The van der Waals surface area contributed by atoms with Crippen molar-refractivity contribution in [3.8, 4) is 0 Å². The van der Waals surface area contributed by atoms with Crippen LogP contribution in [0.25, 0.3) is 0 Å². The Labute approximate surface area is 179 Å². The van der Waals surface area contributed by atoms with Gasteiger partial charge in [0, 0.05) is 38.6 Å². The zero-order valence-corrected chi connectivity index (χ0v) is 18.3. The smallest absolute Gasteiger partial charge is 0.249 e. The highest BCUT2D eigenvalue weighted by molar-refractivity contribution is 5.89. The third-order valence-electron chi connectivity index (χ3n) is 5.76. The van der Waals surface area contributed by atoms with E-state index in [0.717, 1.165) is 18.4 Å². The van der Waals surface area contributed by atoms with E-state index in [1.165, 1.54) is 0 Å². The Morgan fingerprint density at radius 2 is 1.63 bits per heavy atom. The standard InChI is InChI=1S/C23H34N4O3/c1-16(2)15-20(28)25-21(18-7-5-4-6-8-18)23(30)27-13-11-26(12-14-27)17(3)22(29)24-19-9-10-19/h4-8,16-17,19,21H,9-15H2,1-3H3,(H,24,29)(H,25,28). The highest BCUT2D eigenvalue weighted by Gasteiger charge is 2.33. The van der Waals surface area contributed by atoms with E-state index in [1.54, 1.807) is 4.90 Å². The van der Waals surface area contributed by atoms with E-state index >= 15 is 0 Å². The summed E-state index contributed by atoms with van der Waals surface area (Å²) in [6, 6.07) is 8.87. The Kier molecular flexibility index (Phi) is 7.48. The molecule has 2 N–H and O–H groups in total. The van der Waals surface area contributed by atoms with Gasteiger partial charge in [-0.05, 0) is 31.2 Å². The number of carbonyl (C=O) groups is 3. The van der Waals surface area contributed by atoms with E-state index in [2.05, 4.69) is 15.5 Å². The Bertz CT molecular complexity index is 740. The summed E-state index contributed by atoms with van der Waals surface area (Å²) in [6.45, 7) is 8.27. The predicted octanol–water partition coefficient (Wildman–Crippen LogP) is 1.70.